The van der Waals surface area contributed by atoms with Gasteiger partial charge in [-0.3, -0.25) is 6.08 Å². The summed E-state index contributed by atoms with van der Waals surface area (Å²) < 4.78 is 0. The molecule has 0 aromatic rings. The van der Waals surface area contributed by atoms with Gasteiger partial charge in [-0.2, -0.15) is 11.1 Å². The van der Waals surface area contributed by atoms with Crippen LogP contribution in [0.1, 0.15) is 34.6 Å². The van der Waals surface area contributed by atoms with E-state index in [-0.39, 0.29) is 5.41 Å². The zero-order valence-corrected chi connectivity index (χ0v) is 14.4. The Bertz CT molecular complexity index is 256. The van der Waals surface area contributed by atoms with E-state index in [9.17, 15) is 0 Å². The first-order chi connectivity index (χ1) is 7.45. The van der Waals surface area contributed by atoms with Crippen LogP contribution in [-0.4, -0.2) is 13.6 Å². The summed E-state index contributed by atoms with van der Waals surface area (Å²) in [5.41, 5.74) is 4.39. The Balaban J connectivity index is -0.000000245. The molecule has 0 radical (unpaired) electrons. The second-order valence-electron chi connectivity index (χ2n) is 3.62. The Labute approximate surface area is 120 Å². The summed E-state index contributed by atoms with van der Waals surface area (Å²) in [4.78, 5) is 16.0. The summed E-state index contributed by atoms with van der Waals surface area (Å²) in [6.07, 6.45) is 3.44. The molecule has 0 spiro atoms. The van der Waals surface area contributed by atoms with Crippen molar-refractivity contribution < 1.29 is 24.4 Å². The van der Waals surface area contributed by atoms with E-state index in [1.807, 2.05) is 13.6 Å². The predicted octanol–water partition coefficient (Wildman–Crippen LogP) is 3.63. The van der Waals surface area contributed by atoms with Crippen molar-refractivity contribution in [2.75, 3.05) is 0 Å². The molecule has 1 rings (SSSR count). The standard InChI is InChI=1S/C10H15.2CH2O.HI.Ru/c1-7-6-10(4,5)9(3)8(7)2;2*1-2;;/h1-5H3;2*1H2;1H;/q-1;;;;+2/p-1. The van der Waals surface area contributed by atoms with Gasteiger partial charge in [0.05, 0.1) is 0 Å². The molecular formula is C12H19IO2Ru. The Hall–Kier alpha value is 0.173. The Morgan fingerprint density at radius 1 is 1.06 bits per heavy atom. The SMILES string of the molecule is C=O.C=O.CC1=[C-]C(C)(C)C(C)=C1C.[Ru+][I]. The molecule has 0 aliphatic heterocycles. The van der Waals surface area contributed by atoms with Crippen LogP contribution in [0.15, 0.2) is 16.7 Å². The van der Waals surface area contributed by atoms with Crippen molar-refractivity contribution in [3.05, 3.63) is 22.8 Å². The molecule has 4 heteroatoms. The molecule has 0 bridgehead atoms. The second-order valence-corrected chi connectivity index (χ2v) is 3.62. The van der Waals surface area contributed by atoms with Crippen LogP contribution < -0.4 is 0 Å². The molecule has 0 saturated heterocycles. The van der Waals surface area contributed by atoms with Gasteiger partial charge in [0, 0.05) is 0 Å². The summed E-state index contributed by atoms with van der Waals surface area (Å²) in [7, 11) is 0. The Morgan fingerprint density at radius 2 is 1.38 bits per heavy atom. The van der Waals surface area contributed by atoms with Gasteiger partial charge in [0.25, 0.3) is 0 Å². The van der Waals surface area contributed by atoms with Gasteiger partial charge in [0.1, 0.15) is 13.6 Å². The normalized spacial score (nSPS) is 15.6. The van der Waals surface area contributed by atoms with Crippen LogP contribution in [0, 0.1) is 11.5 Å². The van der Waals surface area contributed by atoms with Crippen molar-refractivity contribution in [2.45, 2.75) is 34.6 Å². The average molecular weight is 423 g/mol. The molecule has 1 aliphatic carbocycles. The van der Waals surface area contributed by atoms with Crippen molar-refractivity contribution >= 4 is 33.3 Å². The average Bonchev–Trinajstić information content (AvgIpc) is 2.50. The van der Waals surface area contributed by atoms with Crippen LogP contribution in [0.25, 0.3) is 0 Å². The number of hydrogen-bond acceptors (Lipinski definition) is 2. The molecule has 0 saturated carbocycles. The zero-order valence-electron chi connectivity index (χ0n) is 10.5. The van der Waals surface area contributed by atoms with Crippen LogP contribution in [0.4, 0.5) is 0 Å². The number of halogens is 1. The van der Waals surface area contributed by atoms with E-state index in [1.54, 1.807) is 0 Å². The number of hydrogen-bond donors (Lipinski definition) is 0. The molecule has 0 N–H and O–H groups in total. The Kier molecular flexibility index (Phi) is 15.6. The number of rotatable bonds is 0. The van der Waals surface area contributed by atoms with Crippen molar-refractivity contribution in [1.29, 1.82) is 0 Å². The second kappa shape index (κ2) is 11.7. The fraction of sp³-hybridized carbons (Fsp3) is 0.500. The van der Waals surface area contributed by atoms with Crippen molar-refractivity contribution in [3.63, 3.8) is 0 Å². The molecule has 1 aliphatic rings. The van der Waals surface area contributed by atoms with Crippen molar-refractivity contribution in [3.8, 4) is 0 Å². The molecule has 94 valence electrons. The topological polar surface area (TPSA) is 34.1 Å². The summed E-state index contributed by atoms with van der Waals surface area (Å²) in [6.45, 7) is 14.9. The first-order valence-corrected chi connectivity index (χ1v) is 9.63. The van der Waals surface area contributed by atoms with E-state index in [1.165, 1.54) is 16.7 Å². The molecule has 0 heterocycles. The zero-order chi connectivity index (χ0) is 13.9. The summed E-state index contributed by atoms with van der Waals surface area (Å²) >= 11 is 4.40. The quantitative estimate of drug-likeness (QED) is 0.339. The first kappa shape index (κ1) is 21.5. The molecule has 0 aromatic heterocycles. The summed E-state index contributed by atoms with van der Waals surface area (Å²) in [5.74, 6) is 0. The van der Waals surface area contributed by atoms with E-state index in [0.29, 0.717) is 0 Å². The van der Waals surface area contributed by atoms with E-state index in [4.69, 9.17) is 9.59 Å². The van der Waals surface area contributed by atoms with Crippen molar-refractivity contribution in [2.24, 2.45) is 5.41 Å². The number of carbonyl (C=O) groups is 2. The van der Waals surface area contributed by atoms with Crippen LogP contribution in [0.3, 0.4) is 0 Å². The number of allylic oxidation sites excluding steroid dienone is 4. The van der Waals surface area contributed by atoms with Crippen LogP contribution in [-0.2, 0) is 24.4 Å². The maximum atomic E-state index is 8.00. The van der Waals surface area contributed by atoms with Gasteiger partial charge in [-0.05, 0) is 0 Å². The van der Waals surface area contributed by atoms with Crippen LogP contribution in [0.5, 0.6) is 0 Å². The fourth-order valence-electron chi connectivity index (χ4n) is 1.41. The van der Waals surface area contributed by atoms with Crippen molar-refractivity contribution in [1.82, 2.24) is 0 Å². The van der Waals surface area contributed by atoms with Gasteiger partial charge in [0.15, 0.2) is 0 Å². The predicted molar refractivity (Wildman–Crippen MR) is 72.8 cm³/mol. The summed E-state index contributed by atoms with van der Waals surface area (Å²) in [6, 6.07) is 0. The molecule has 0 atom stereocenters. The third-order valence-corrected chi connectivity index (χ3v) is 2.56. The van der Waals surface area contributed by atoms with E-state index < -0.39 is 0 Å². The van der Waals surface area contributed by atoms with Gasteiger partial charge in [-0.25, -0.2) is 5.57 Å². The minimum absolute atomic E-state index is 0.189. The fourth-order valence-corrected chi connectivity index (χ4v) is 1.41. The van der Waals surface area contributed by atoms with E-state index in [0.717, 1.165) is 0 Å². The molecule has 16 heavy (non-hydrogen) atoms. The van der Waals surface area contributed by atoms with Gasteiger partial charge in [0.2, 0.25) is 0 Å². The molecule has 0 fully saturated rings. The van der Waals surface area contributed by atoms with E-state index in [2.05, 4.69) is 75.2 Å². The molecule has 0 aromatic carbocycles. The summed E-state index contributed by atoms with van der Waals surface area (Å²) in [5, 5.41) is 0. The molecule has 2 nitrogen and oxygen atoms in total. The third kappa shape index (κ3) is 6.69. The van der Waals surface area contributed by atoms with Gasteiger partial charge in [-0.15, -0.1) is 6.92 Å². The number of carbonyl (C=O) groups excluding carboxylic acids is 2. The van der Waals surface area contributed by atoms with Crippen LogP contribution in [0.2, 0.25) is 0 Å². The molecule has 0 unspecified atom stereocenters. The third-order valence-electron chi connectivity index (χ3n) is 2.56. The van der Waals surface area contributed by atoms with Crippen LogP contribution >= 0.6 is 19.8 Å². The molecular weight excluding hydrogens is 404 g/mol. The monoisotopic (exact) mass is 424 g/mol. The maximum absolute atomic E-state index is 8.00. The minimum atomic E-state index is 0.189. The van der Waals surface area contributed by atoms with Gasteiger partial charge < -0.3 is 9.59 Å². The van der Waals surface area contributed by atoms with E-state index >= 15 is 0 Å². The van der Waals surface area contributed by atoms with Gasteiger partial charge in [-0.1, -0.05) is 33.1 Å². The molecule has 0 amide bonds. The first-order valence-electron chi connectivity index (χ1n) is 4.46. The van der Waals surface area contributed by atoms with Gasteiger partial charge >= 0.3 is 34.5 Å². The Morgan fingerprint density at radius 3 is 1.44 bits per heavy atom.